The van der Waals surface area contributed by atoms with Crippen molar-refractivity contribution in [2.45, 2.75) is 11.4 Å². The largest absolute Gasteiger partial charge is 0.493 e. The van der Waals surface area contributed by atoms with E-state index < -0.39 is 10.0 Å². The highest BCUT2D eigenvalue weighted by Crippen LogP contribution is 2.29. The normalized spacial score (nSPS) is 11.2. The Bertz CT molecular complexity index is 1050. The summed E-state index contributed by atoms with van der Waals surface area (Å²) < 4.78 is 39.2. The molecule has 0 radical (unpaired) electrons. The van der Waals surface area contributed by atoms with Gasteiger partial charge in [-0.1, -0.05) is 29.8 Å². The fraction of sp³-hybridized carbons (Fsp3) is 0.176. The Morgan fingerprint density at radius 2 is 1.85 bits per heavy atom. The van der Waals surface area contributed by atoms with Crippen LogP contribution in [-0.2, 0) is 16.6 Å². The molecule has 0 aliphatic carbocycles. The first-order valence-corrected chi connectivity index (χ1v) is 9.67. The van der Waals surface area contributed by atoms with E-state index in [1.54, 1.807) is 6.07 Å². The first kappa shape index (κ1) is 19.0. The lowest BCUT2D eigenvalue weighted by Crippen LogP contribution is -2.14. The van der Waals surface area contributed by atoms with Crippen LogP contribution < -0.4 is 14.2 Å². The SMILES string of the molecule is COc1ccc(S(=O)(=O)Nc2ncn(Cc3ccccc3Cl)n2)cc1OC. The smallest absolute Gasteiger partial charge is 0.264 e. The van der Waals surface area contributed by atoms with Crippen LogP contribution in [0.15, 0.2) is 53.7 Å². The second-order valence-electron chi connectivity index (χ2n) is 5.48. The summed E-state index contributed by atoms with van der Waals surface area (Å²) in [5.74, 6) is 0.688. The molecule has 2 aromatic carbocycles. The van der Waals surface area contributed by atoms with Gasteiger partial charge < -0.3 is 9.47 Å². The van der Waals surface area contributed by atoms with Gasteiger partial charge in [-0.15, -0.1) is 5.10 Å². The summed E-state index contributed by atoms with van der Waals surface area (Å²) >= 11 is 6.13. The van der Waals surface area contributed by atoms with E-state index in [1.165, 1.54) is 43.4 Å². The van der Waals surface area contributed by atoms with Crippen LogP contribution >= 0.6 is 11.6 Å². The molecule has 0 saturated carbocycles. The number of methoxy groups -OCH3 is 2. The molecule has 1 N–H and O–H groups in total. The van der Waals surface area contributed by atoms with Gasteiger partial charge in [-0.25, -0.2) is 17.8 Å². The van der Waals surface area contributed by atoms with Crippen molar-refractivity contribution in [3.05, 3.63) is 59.4 Å². The zero-order valence-electron chi connectivity index (χ0n) is 14.6. The molecule has 142 valence electrons. The molecule has 0 aliphatic heterocycles. The number of aromatic nitrogens is 3. The molecule has 0 spiro atoms. The maximum atomic E-state index is 12.6. The van der Waals surface area contributed by atoms with Crippen molar-refractivity contribution in [3.8, 4) is 11.5 Å². The molecule has 0 saturated heterocycles. The molecule has 3 aromatic rings. The van der Waals surface area contributed by atoms with Gasteiger partial charge in [0.25, 0.3) is 16.0 Å². The van der Waals surface area contributed by atoms with E-state index in [-0.39, 0.29) is 10.8 Å². The third-order valence-corrected chi connectivity index (χ3v) is 5.41. The zero-order chi connectivity index (χ0) is 19.4. The number of hydrogen-bond donors (Lipinski definition) is 1. The van der Waals surface area contributed by atoms with Crippen molar-refractivity contribution >= 4 is 27.6 Å². The molecule has 0 amide bonds. The minimum Gasteiger partial charge on any atom is -0.493 e. The summed E-state index contributed by atoms with van der Waals surface area (Å²) in [6.07, 6.45) is 1.43. The van der Waals surface area contributed by atoms with Gasteiger partial charge >= 0.3 is 0 Å². The third-order valence-electron chi connectivity index (χ3n) is 3.72. The second kappa shape index (κ2) is 7.85. The Hall–Kier alpha value is -2.78. The molecular formula is C17H17ClN4O4S. The lowest BCUT2D eigenvalue weighted by molar-refractivity contribution is 0.354. The monoisotopic (exact) mass is 408 g/mol. The van der Waals surface area contributed by atoms with Crippen molar-refractivity contribution in [1.29, 1.82) is 0 Å². The molecular weight excluding hydrogens is 392 g/mol. The van der Waals surface area contributed by atoms with Crippen molar-refractivity contribution < 1.29 is 17.9 Å². The van der Waals surface area contributed by atoms with Crippen LogP contribution in [-0.4, -0.2) is 37.4 Å². The van der Waals surface area contributed by atoms with Crippen molar-refractivity contribution in [2.24, 2.45) is 0 Å². The number of anilines is 1. The van der Waals surface area contributed by atoms with Gasteiger partial charge in [0.15, 0.2) is 11.5 Å². The molecule has 27 heavy (non-hydrogen) atoms. The zero-order valence-corrected chi connectivity index (χ0v) is 16.2. The Morgan fingerprint density at radius 3 is 2.56 bits per heavy atom. The average molecular weight is 409 g/mol. The number of ether oxygens (including phenoxy) is 2. The molecule has 8 nitrogen and oxygen atoms in total. The fourth-order valence-electron chi connectivity index (χ4n) is 2.38. The van der Waals surface area contributed by atoms with Crippen molar-refractivity contribution in [2.75, 3.05) is 18.9 Å². The van der Waals surface area contributed by atoms with Gasteiger partial charge in [0.2, 0.25) is 0 Å². The molecule has 1 aromatic heterocycles. The standard InChI is InChI=1S/C17H17ClN4O4S/c1-25-15-8-7-13(9-16(15)26-2)27(23,24)21-17-19-11-22(20-17)10-12-5-3-4-6-14(12)18/h3-9,11H,10H2,1-2H3,(H,20,21). The highest BCUT2D eigenvalue weighted by Gasteiger charge is 2.19. The quantitative estimate of drug-likeness (QED) is 0.645. The number of sulfonamides is 1. The van der Waals surface area contributed by atoms with Crippen LogP contribution in [0, 0.1) is 0 Å². The average Bonchev–Trinajstić information content (AvgIpc) is 3.09. The summed E-state index contributed by atoms with van der Waals surface area (Å²) in [7, 11) is -0.986. The summed E-state index contributed by atoms with van der Waals surface area (Å²) in [4.78, 5) is 3.99. The number of rotatable bonds is 7. The molecule has 10 heteroatoms. The summed E-state index contributed by atoms with van der Waals surface area (Å²) in [5, 5.41) is 4.73. The number of nitrogens with zero attached hydrogens (tertiary/aromatic N) is 3. The predicted molar refractivity (Wildman–Crippen MR) is 101 cm³/mol. The predicted octanol–water partition coefficient (Wildman–Crippen LogP) is 2.80. The van der Waals surface area contributed by atoms with Crippen molar-refractivity contribution in [1.82, 2.24) is 14.8 Å². The van der Waals surface area contributed by atoms with Gasteiger partial charge in [-0.3, -0.25) is 0 Å². The van der Waals surface area contributed by atoms with E-state index in [4.69, 9.17) is 21.1 Å². The van der Waals surface area contributed by atoms with Gasteiger partial charge in [0.05, 0.1) is 25.7 Å². The number of halogens is 1. The van der Waals surface area contributed by atoms with E-state index >= 15 is 0 Å². The summed E-state index contributed by atoms with van der Waals surface area (Å²) in [6, 6.07) is 11.6. The first-order valence-electron chi connectivity index (χ1n) is 7.80. The minimum atomic E-state index is -3.89. The lowest BCUT2D eigenvalue weighted by Gasteiger charge is -2.10. The van der Waals surface area contributed by atoms with Crippen LogP contribution in [0.1, 0.15) is 5.56 Å². The van der Waals surface area contributed by atoms with Gasteiger partial charge in [-0.05, 0) is 23.8 Å². The highest BCUT2D eigenvalue weighted by molar-refractivity contribution is 7.92. The van der Waals surface area contributed by atoms with Gasteiger partial charge in [-0.2, -0.15) is 4.98 Å². The fourth-order valence-corrected chi connectivity index (χ4v) is 3.54. The maximum Gasteiger partial charge on any atom is 0.264 e. The van der Waals surface area contributed by atoms with E-state index in [1.807, 2.05) is 18.2 Å². The van der Waals surface area contributed by atoms with E-state index in [2.05, 4.69) is 14.8 Å². The van der Waals surface area contributed by atoms with Crippen LogP contribution in [0.25, 0.3) is 0 Å². The number of benzene rings is 2. The lowest BCUT2D eigenvalue weighted by atomic mass is 10.2. The van der Waals surface area contributed by atoms with Crippen LogP contribution in [0.2, 0.25) is 5.02 Å². The third kappa shape index (κ3) is 4.32. The maximum absolute atomic E-state index is 12.6. The number of hydrogen-bond acceptors (Lipinski definition) is 6. The van der Waals surface area contributed by atoms with E-state index in [0.717, 1.165) is 5.56 Å². The number of nitrogens with one attached hydrogen (secondary N) is 1. The Morgan fingerprint density at radius 1 is 1.11 bits per heavy atom. The summed E-state index contributed by atoms with van der Waals surface area (Å²) in [6.45, 7) is 0.366. The van der Waals surface area contributed by atoms with Crippen LogP contribution in [0.5, 0.6) is 11.5 Å². The summed E-state index contributed by atoms with van der Waals surface area (Å²) in [5.41, 5.74) is 0.846. The molecule has 0 aliphatic rings. The van der Waals surface area contributed by atoms with Crippen LogP contribution in [0.4, 0.5) is 5.95 Å². The van der Waals surface area contributed by atoms with E-state index in [0.29, 0.717) is 23.1 Å². The molecule has 1 heterocycles. The molecule has 0 atom stereocenters. The minimum absolute atomic E-state index is 0.00241. The second-order valence-corrected chi connectivity index (χ2v) is 7.57. The highest BCUT2D eigenvalue weighted by atomic mass is 35.5. The Kier molecular flexibility index (Phi) is 5.52. The van der Waals surface area contributed by atoms with Gasteiger partial charge in [0.1, 0.15) is 6.33 Å². The van der Waals surface area contributed by atoms with E-state index in [9.17, 15) is 8.42 Å². The van der Waals surface area contributed by atoms with Gasteiger partial charge in [0, 0.05) is 11.1 Å². The topological polar surface area (TPSA) is 95.3 Å². The molecule has 0 fully saturated rings. The molecule has 3 rings (SSSR count). The Labute approximate surface area is 161 Å². The van der Waals surface area contributed by atoms with Crippen molar-refractivity contribution in [3.63, 3.8) is 0 Å². The first-order chi connectivity index (χ1) is 12.9. The Balaban J connectivity index is 1.79. The molecule has 0 bridgehead atoms. The van der Waals surface area contributed by atoms with Crippen LogP contribution in [0.3, 0.4) is 0 Å². The molecule has 0 unspecified atom stereocenters.